The summed E-state index contributed by atoms with van der Waals surface area (Å²) in [6, 6.07) is 3.58. The first-order valence-electron chi connectivity index (χ1n) is 5.26. The first-order chi connectivity index (χ1) is 7.62. The second-order valence-electron chi connectivity index (χ2n) is 4.15. The largest absolute Gasteiger partial charge is 0.317 e. The second kappa shape index (κ2) is 4.25. The van der Waals surface area contributed by atoms with Gasteiger partial charge in [-0.05, 0) is 26.2 Å². The van der Waals surface area contributed by atoms with E-state index in [0.29, 0.717) is 18.1 Å². The molecule has 6 nitrogen and oxygen atoms in total. The highest BCUT2D eigenvalue weighted by Crippen LogP contribution is 2.36. The van der Waals surface area contributed by atoms with Gasteiger partial charge in [0.2, 0.25) is 0 Å². The Balaban J connectivity index is 2.07. The van der Waals surface area contributed by atoms with Crippen LogP contribution in [0.15, 0.2) is 28.7 Å². The van der Waals surface area contributed by atoms with Crippen LogP contribution in [0, 0.1) is 0 Å². The predicted octanol–water partition coefficient (Wildman–Crippen LogP) is 1.74. The van der Waals surface area contributed by atoms with Gasteiger partial charge >= 0.3 is 5.82 Å². The van der Waals surface area contributed by atoms with E-state index < -0.39 is 4.76 Å². The lowest BCUT2D eigenvalue weighted by Gasteiger charge is -2.17. The van der Waals surface area contributed by atoms with Crippen molar-refractivity contribution in [3.63, 3.8) is 0 Å². The molecule has 16 heavy (non-hydrogen) atoms. The van der Waals surface area contributed by atoms with Gasteiger partial charge in [0.05, 0.1) is 5.22 Å². The van der Waals surface area contributed by atoms with Crippen molar-refractivity contribution in [1.29, 1.82) is 0 Å². The summed E-state index contributed by atoms with van der Waals surface area (Å²) in [5.74, 6) is 0.515. The van der Waals surface area contributed by atoms with Crippen LogP contribution in [0.4, 0.5) is 11.5 Å². The van der Waals surface area contributed by atoms with Gasteiger partial charge < -0.3 is 4.90 Å². The molecule has 2 heterocycles. The van der Waals surface area contributed by atoms with Crippen molar-refractivity contribution in [3.05, 3.63) is 18.3 Å². The number of hydrogen-bond donors (Lipinski definition) is 1. The van der Waals surface area contributed by atoms with E-state index in [2.05, 4.69) is 20.2 Å². The molecule has 86 valence electrons. The zero-order valence-electron chi connectivity index (χ0n) is 9.54. The first kappa shape index (κ1) is 11.1. The van der Waals surface area contributed by atoms with Gasteiger partial charge in [0.25, 0.3) is 0 Å². The minimum absolute atomic E-state index is 0.492. The highest BCUT2D eigenvalue weighted by atomic mass is 16.6. The van der Waals surface area contributed by atoms with Crippen molar-refractivity contribution < 1.29 is 5.21 Å². The third-order valence-corrected chi connectivity index (χ3v) is 2.48. The fraction of sp³-hybridized carbons (Fsp3) is 0.500. The molecule has 0 amide bonds. The zero-order valence-corrected chi connectivity index (χ0v) is 9.54. The third kappa shape index (κ3) is 2.08. The highest BCUT2D eigenvalue weighted by molar-refractivity contribution is 5.59. The Labute approximate surface area is 94.4 Å². The number of rotatable bonds is 4. The van der Waals surface area contributed by atoms with Crippen molar-refractivity contribution in [1.82, 2.24) is 14.6 Å². The molecule has 0 saturated carbocycles. The van der Waals surface area contributed by atoms with Crippen LogP contribution >= 0.6 is 0 Å². The molecule has 1 aliphatic rings. The molecule has 1 unspecified atom stereocenters. The van der Waals surface area contributed by atoms with Crippen LogP contribution in [0.2, 0.25) is 0 Å². The van der Waals surface area contributed by atoms with Crippen LogP contribution in [0.1, 0.15) is 6.42 Å². The minimum atomic E-state index is -0.524. The third-order valence-electron chi connectivity index (χ3n) is 2.48. The number of fused-ring (bicyclic) bond motifs is 1. The molecule has 0 fully saturated rings. The van der Waals surface area contributed by atoms with E-state index in [1.165, 1.54) is 0 Å². The number of quaternary nitrogens is 1. The molecule has 1 aromatic heterocycles. The van der Waals surface area contributed by atoms with Crippen molar-refractivity contribution in [2.24, 2.45) is 10.3 Å². The summed E-state index contributed by atoms with van der Waals surface area (Å²) in [4.78, 5) is 6.20. The highest BCUT2D eigenvalue weighted by Gasteiger charge is 2.39. The van der Waals surface area contributed by atoms with Crippen LogP contribution in [0.25, 0.3) is 0 Å². The Kier molecular flexibility index (Phi) is 2.95. The summed E-state index contributed by atoms with van der Waals surface area (Å²) >= 11 is 0. The number of hydroxylamine groups is 1. The maximum absolute atomic E-state index is 10.3. The van der Waals surface area contributed by atoms with Crippen LogP contribution < -0.4 is 4.76 Å². The lowest BCUT2D eigenvalue weighted by Crippen LogP contribution is -2.40. The van der Waals surface area contributed by atoms with E-state index in [0.717, 1.165) is 13.0 Å². The van der Waals surface area contributed by atoms with Gasteiger partial charge in [-0.15, -0.1) is 0 Å². The topological polar surface area (TPSA) is 61.1 Å². The monoisotopic (exact) mass is 222 g/mol. The van der Waals surface area contributed by atoms with Gasteiger partial charge in [-0.2, -0.15) is 10.2 Å². The van der Waals surface area contributed by atoms with Crippen LogP contribution in [-0.4, -0.2) is 42.3 Å². The summed E-state index contributed by atoms with van der Waals surface area (Å²) in [5, 5.41) is 18.0. The summed E-state index contributed by atoms with van der Waals surface area (Å²) < 4.78 is -0.524. The minimum Gasteiger partial charge on any atom is -0.309 e. The Hall–Kier alpha value is -1.37. The summed E-state index contributed by atoms with van der Waals surface area (Å²) in [6.45, 7) is 1.39. The lowest BCUT2D eigenvalue weighted by molar-refractivity contribution is -0.0842. The van der Waals surface area contributed by atoms with E-state index in [1.807, 2.05) is 14.1 Å². The maximum atomic E-state index is 10.3. The summed E-state index contributed by atoms with van der Waals surface area (Å²) in [5.41, 5.74) is 0.648. The molecular weight excluding hydrogens is 206 g/mol. The number of aromatic nitrogens is 1. The molecule has 0 aromatic carbocycles. The predicted molar refractivity (Wildman–Crippen MR) is 60.4 cm³/mol. The van der Waals surface area contributed by atoms with E-state index in [9.17, 15) is 5.21 Å². The van der Waals surface area contributed by atoms with E-state index in [4.69, 9.17) is 0 Å². The second-order valence-corrected chi connectivity index (χ2v) is 4.15. The fourth-order valence-corrected chi connectivity index (χ4v) is 1.67. The number of nitrogens with zero attached hydrogens (tertiary/aromatic N) is 5. The Morgan fingerprint density at radius 1 is 1.44 bits per heavy atom. The average molecular weight is 222 g/mol. The Morgan fingerprint density at radius 2 is 2.25 bits per heavy atom. The molecular formula is C10H16N5O+. The van der Waals surface area contributed by atoms with Crippen LogP contribution in [0.5, 0.6) is 0 Å². The average Bonchev–Trinajstić information content (AvgIpc) is 2.57. The molecule has 6 heteroatoms. The maximum Gasteiger partial charge on any atom is 0.317 e. The SMILES string of the molecule is CN(C)CCC[N+]1(O)N=Nc2cccnc21. The standard InChI is InChI=1S/C10H16N5O/c1-14(2)7-4-8-15(16)10-9(12-13-15)5-3-6-11-10/h3,5-6,16H,4,7-8H2,1-2H3/q+1. The van der Waals surface area contributed by atoms with Crippen molar-refractivity contribution in [3.8, 4) is 0 Å². The Bertz CT molecular complexity index is 406. The van der Waals surface area contributed by atoms with Crippen LogP contribution in [0.3, 0.4) is 0 Å². The summed E-state index contributed by atoms with van der Waals surface area (Å²) in [6.07, 6.45) is 2.48. The fourth-order valence-electron chi connectivity index (χ4n) is 1.67. The number of hydrogen-bond acceptors (Lipinski definition) is 5. The van der Waals surface area contributed by atoms with E-state index in [1.54, 1.807) is 18.3 Å². The van der Waals surface area contributed by atoms with Gasteiger partial charge in [0, 0.05) is 23.9 Å². The molecule has 1 atom stereocenters. The van der Waals surface area contributed by atoms with Gasteiger partial charge in [-0.3, -0.25) is 0 Å². The van der Waals surface area contributed by atoms with Gasteiger partial charge in [-0.25, -0.2) is 0 Å². The number of pyridine rings is 1. The van der Waals surface area contributed by atoms with Gasteiger partial charge in [0.1, 0.15) is 6.54 Å². The zero-order chi connectivity index (χ0) is 11.6. The molecule has 0 spiro atoms. The molecule has 0 radical (unpaired) electrons. The van der Waals surface area contributed by atoms with Crippen molar-refractivity contribution in [2.75, 3.05) is 27.2 Å². The molecule has 1 aromatic rings. The lowest BCUT2D eigenvalue weighted by atomic mass is 10.3. The van der Waals surface area contributed by atoms with Gasteiger partial charge in [-0.1, -0.05) is 5.11 Å². The molecule has 0 bridgehead atoms. The molecule has 2 rings (SSSR count). The van der Waals surface area contributed by atoms with E-state index >= 15 is 0 Å². The Morgan fingerprint density at radius 3 is 3.00 bits per heavy atom. The molecule has 0 aliphatic carbocycles. The molecule has 0 saturated heterocycles. The quantitative estimate of drug-likeness (QED) is 0.789. The van der Waals surface area contributed by atoms with Crippen molar-refractivity contribution >= 4 is 11.5 Å². The van der Waals surface area contributed by atoms with Crippen molar-refractivity contribution in [2.45, 2.75) is 6.42 Å². The first-order valence-corrected chi connectivity index (χ1v) is 5.26. The smallest absolute Gasteiger partial charge is 0.309 e. The molecule has 1 N–H and O–H groups in total. The van der Waals surface area contributed by atoms with Gasteiger partial charge in [0.15, 0.2) is 5.69 Å². The van der Waals surface area contributed by atoms with E-state index in [-0.39, 0.29) is 0 Å². The molecule has 1 aliphatic heterocycles. The van der Waals surface area contributed by atoms with Crippen LogP contribution in [-0.2, 0) is 0 Å². The normalized spacial score (nSPS) is 22.8. The summed E-state index contributed by atoms with van der Waals surface area (Å²) in [7, 11) is 4.00.